The van der Waals surface area contributed by atoms with E-state index in [1.165, 1.54) is 18.2 Å². The number of carboxylic acid groups (broad SMARTS) is 1. The van der Waals surface area contributed by atoms with E-state index in [2.05, 4.69) is 31.1 Å². The van der Waals surface area contributed by atoms with Gasteiger partial charge in [-0.2, -0.15) is 0 Å². The molecule has 1 saturated carbocycles. The summed E-state index contributed by atoms with van der Waals surface area (Å²) < 4.78 is 24.7. The minimum Gasteiger partial charge on any atom is -0.550 e. The second-order valence-corrected chi connectivity index (χ2v) is 11.2. The van der Waals surface area contributed by atoms with Gasteiger partial charge in [0.15, 0.2) is 11.5 Å². The maximum absolute atomic E-state index is 13.4. The normalized spacial score (nSPS) is 14.3. The number of ketones is 1. The fraction of sp³-hybridized carbons (Fsp3) is 0.481. The zero-order valence-corrected chi connectivity index (χ0v) is 24.4. The van der Waals surface area contributed by atoms with Crippen molar-refractivity contribution in [3.63, 3.8) is 0 Å². The van der Waals surface area contributed by atoms with Gasteiger partial charge in [0.25, 0.3) is 0 Å². The Balaban J connectivity index is 0.00000380. The van der Waals surface area contributed by atoms with Crippen molar-refractivity contribution in [2.75, 3.05) is 0 Å². The molecule has 1 aliphatic carbocycles. The summed E-state index contributed by atoms with van der Waals surface area (Å²) in [6.07, 6.45) is 2.59. The number of carboxylic acids is 1. The van der Waals surface area contributed by atoms with Gasteiger partial charge in [-0.25, -0.2) is 4.39 Å². The van der Waals surface area contributed by atoms with Gasteiger partial charge < -0.3 is 18.9 Å². The average Bonchev–Trinajstić information content (AvgIpc) is 3.35. The first kappa shape index (κ1) is 29.6. The number of carbonyl (C=O) groups is 2. The van der Waals surface area contributed by atoms with Crippen LogP contribution in [-0.4, -0.2) is 22.1 Å². The molecule has 0 N–H and O–H groups in total. The molecule has 192 valence electrons. The number of carbonyl (C=O) groups excluding carboxylic acids is 2. The van der Waals surface area contributed by atoms with Crippen molar-refractivity contribution in [2.45, 2.75) is 77.6 Å². The molecule has 0 amide bonds. The molecule has 7 nitrogen and oxygen atoms in total. The molecule has 0 bridgehead atoms. The quantitative estimate of drug-likeness (QED) is 0.345. The largest absolute Gasteiger partial charge is 1.00 e. The summed E-state index contributed by atoms with van der Waals surface area (Å²) >= 11 is 6.10. The summed E-state index contributed by atoms with van der Waals surface area (Å²) in [6.45, 7) is 6.32. The van der Waals surface area contributed by atoms with Crippen LogP contribution < -0.4 is 34.7 Å². The summed E-state index contributed by atoms with van der Waals surface area (Å²) in [5, 5.41) is 19.9. The van der Waals surface area contributed by atoms with Crippen LogP contribution in [0.1, 0.15) is 87.3 Å². The van der Waals surface area contributed by atoms with Gasteiger partial charge in [0, 0.05) is 47.8 Å². The molecule has 3 aromatic rings. The van der Waals surface area contributed by atoms with Gasteiger partial charge in [0.05, 0.1) is 5.69 Å². The first-order valence-electron chi connectivity index (χ1n) is 12.1. The second-order valence-electron chi connectivity index (χ2n) is 10.8. The van der Waals surface area contributed by atoms with Crippen molar-refractivity contribution < 1.29 is 57.7 Å². The molecule has 0 unspecified atom stereocenters. The van der Waals surface area contributed by atoms with E-state index in [4.69, 9.17) is 20.6 Å². The van der Waals surface area contributed by atoms with Gasteiger partial charge in [-0.1, -0.05) is 48.8 Å². The van der Waals surface area contributed by atoms with Crippen LogP contribution in [0.3, 0.4) is 0 Å². The van der Waals surface area contributed by atoms with Crippen LogP contribution >= 0.6 is 11.6 Å². The Morgan fingerprint density at radius 2 is 1.92 bits per heavy atom. The van der Waals surface area contributed by atoms with E-state index in [0.29, 0.717) is 29.1 Å². The van der Waals surface area contributed by atoms with Crippen molar-refractivity contribution in [1.29, 1.82) is 0 Å². The number of rotatable bonds is 11. The Bertz CT molecular complexity index is 1260. The van der Waals surface area contributed by atoms with Crippen LogP contribution in [0.5, 0.6) is 0 Å². The number of aromatic nitrogens is 2. The Morgan fingerprint density at radius 1 is 1.19 bits per heavy atom. The molecule has 0 spiro atoms. The monoisotopic (exact) mass is 538 g/mol. The van der Waals surface area contributed by atoms with Crippen molar-refractivity contribution >= 4 is 23.4 Å². The molecule has 1 aromatic carbocycles. The van der Waals surface area contributed by atoms with E-state index in [1.807, 2.05) is 6.07 Å². The standard InChI is InChI=1S/C27H30ClFN2O5.Na/c1-27(2,3)14-20-13-22(30-35-20)26-24(15-4-5-15)25(31-36-26)17(7-9-23(33)34)11-19(32)10-16-6-8-18(29)12-21(16)28;/h6,8,12-13,15,17H,4-5,7,9-11,14H2,1-3H3,(H,33,34);/q;+1/p-1/t17-;/m0./s1. The molecule has 1 aliphatic rings. The maximum atomic E-state index is 13.4. The number of hydrogen-bond donors (Lipinski definition) is 0. The second kappa shape index (κ2) is 12.2. The van der Waals surface area contributed by atoms with Crippen molar-refractivity contribution in [3.8, 4) is 11.5 Å². The Hall–Kier alpha value is -2.00. The van der Waals surface area contributed by atoms with E-state index in [-0.39, 0.29) is 77.4 Å². The molecule has 37 heavy (non-hydrogen) atoms. The van der Waals surface area contributed by atoms with Gasteiger partial charge in [0.2, 0.25) is 0 Å². The van der Waals surface area contributed by atoms with Crippen LogP contribution in [0.2, 0.25) is 5.02 Å². The van der Waals surface area contributed by atoms with Gasteiger partial charge >= 0.3 is 29.6 Å². The van der Waals surface area contributed by atoms with Crippen molar-refractivity contribution in [2.24, 2.45) is 5.41 Å². The molecule has 1 fully saturated rings. The third-order valence-electron chi connectivity index (χ3n) is 6.20. The summed E-state index contributed by atoms with van der Waals surface area (Å²) in [4.78, 5) is 24.2. The fourth-order valence-corrected chi connectivity index (χ4v) is 4.67. The predicted octanol–water partition coefficient (Wildman–Crippen LogP) is 2.41. The molecule has 1 atom stereocenters. The van der Waals surface area contributed by atoms with E-state index in [1.54, 1.807) is 0 Å². The molecular weight excluding hydrogens is 510 g/mol. The molecule has 0 aliphatic heterocycles. The molecule has 2 heterocycles. The Labute approximate surface area is 242 Å². The van der Waals surface area contributed by atoms with Crippen LogP contribution in [-0.2, 0) is 22.4 Å². The minimum atomic E-state index is -1.20. The molecule has 0 radical (unpaired) electrons. The summed E-state index contributed by atoms with van der Waals surface area (Å²) in [7, 11) is 0. The van der Waals surface area contributed by atoms with Crippen LogP contribution in [0.15, 0.2) is 33.3 Å². The molecule has 2 aromatic heterocycles. The van der Waals surface area contributed by atoms with Crippen molar-refractivity contribution in [1.82, 2.24) is 10.3 Å². The van der Waals surface area contributed by atoms with E-state index >= 15 is 0 Å². The van der Waals surface area contributed by atoms with Crippen LogP contribution in [0, 0.1) is 11.2 Å². The van der Waals surface area contributed by atoms with E-state index < -0.39 is 17.7 Å². The van der Waals surface area contributed by atoms with E-state index in [9.17, 15) is 19.1 Å². The average molecular weight is 539 g/mol. The SMILES string of the molecule is CC(C)(C)Cc1cc(-c2onc([C@@H](CCC(=O)[O-])CC(=O)Cc3ccc(F)cc3Cl)c2C2CC2)no1.[Na+]. The molecular formula is C27H29ClFN2NaO5. The Morgan fingerprint density at radius 3 is 2.54 bits per heavy atom. The van der Waals surface area contributed by atoms with Crippen LogP contribution in [0.4, 0.5) is 4.39 Å². The third kappa shape index (κ3) is 7.99. The molecule has 4 rings (SSSR count). The zero-order chi connectivity index (χ0) is 26.0. The van der Waals surface area contributed by atoms with Gasteiger partial charge in [-0.05, 0) is 54.7 Å². The zero-order valence-electron chi connectivity index (χ0n) is 21.6. The predicted molar refractivity (Wildman–Crippen MR) is 129 cm³/mol. The summed E-state index contributed by atoms with van der Waals surface area (Å²) in [5.41, 5.74) is 2.51. The number of halogens is 2. The fourth-order valence-electron chi connectivity index (χ4n) is 4.43. The van der Waals surface area contributed by atoms with Gasteiger partial charge in [-0.3, -0.25) is 4.79 Å². The van der Waals surface area contributed by atoms with Gasteiger partial charge in [-0.15, -0.1) is 0 Å². The number of hydrogen-bond acceptors (Lipinski definition) is 7. The first-order valence-corrected chi connectivity index (χ1v) is 12.5. The van der Waals surface area contributed by atoms with E-state index in [0.717, 1.165) is 24.2 Å². The number of nitrogens with zero attached hydrogens (tertiary/aromatic N) is 2. The number of benzene rings is 1. The number of aliphatic carboxylic acids is 1. The summed E-state index contributed by atoms with van der Waals surface area (Å²) in [5.74, 6) is -0.882. The summed E-state index contributed by atoms with van der Waals surface area (Å²) in [6, 6.07) is 5.75. The third-order valence-corrected chi connectivity index (χ3v) is 6.55. The van der Waals surface area contributed by atoms with Crippen LogP contribution in [0.25, 0.3) is 11.5 Å². The number of Topliss-reactive ketones (excluding diaryl/α,β-unsaturated/α-hetero) is 1. The topological polar surface area (TPSA) is 109 Å². The smallest absolute Gasteiger partial charge is 0.550 e. The molecule has 0 saturated heterocycles. The minimum absolute atomic E-state index is 0. The first-order chi connectivity index (χ1) is 17.0. The Kier molecular flexibility index (Phi) is 9.78. The van der Waals surface area contributed by atoms with Gasteiger partial charge in [0.1, 0.15) is 17.4 Å². The van der Waals surface area contributed by atoms with Crippen molar-refractivity contribution in [3.05, 3.63) is 57.7 Å². The maximum Gasteiger partial charge on any atom is 1.00 e. The molecule has 10 heteroatoms.